The Morgan fingerprint density at radius 3 is 2.50 bits per heavy atom. The van der Waals surface area contributed by atoms with Gasteiger partial charge in [0, 0.05) is 37.2 Å². The lowest BCUT2D eigenvalue weighted by atomic mass is 10.0. The Labute approximate surface area is 220 Å². The molecule has 0 fully saturated rings. The summed E-state index contributed by atoms with van der Waals surface area (Å²) in [5.41, 5.74) is 2.53. The second-order valence-electron chi connectivity index (χ2n) is 9.95. The van der Waals surface area contributed by atoms with Gasteiger partial charge in [-0.3, -0.25) is 0 Å². The molecule has 0 saturated heterocycles. The van der Waals surface area contributed by atoms with Gasteiger partial charge in [-0.2, -0.15) is 5.26 Å². The van der Waals surface area contributed by atoms with Gasteiger partial charge in [0.1, 0.15) is 6.73 Å². The summed E-state index contributed by atoms with van der Waals surface area (Å²) in [6, 6.07) is 17.7. The van der Waals surface area contributed by atoms with Crippen LogP contribution in [0.1, 0.15) is 18.0 Å². The van der Waals surface area contributed by atoms with Crippen molar-refractivity contribution in [3.05, 3.63) is 65.3 Å². The molecule has 0 aliphatic rings. The molecule has 1 atom stereocenters. The van der Waals surface area contributed by atoms with Crippen LogP contribution in [0.15, 0.2) is 54.7 Å². The minimum absolute atomic E-state index is 0.0398. The fraction of sp³-hybridized carbons (Fsp3) is 0.370. The molecule has 0 spiro atoms. The van der Waals surface area contributed by atoms with Crippen LogP contribution in [0.4, 0.5) is 5.69 Å². The van der Waals surface area contributed by atoms with Crippen molar-refractivity contribution in [3.8, 4) is 17.9 Å². The second-order valence-corrected chi connectivity index (χ2v) is 17.9. The summed E-state index contributed by atoms with van der Waals surface area (Å²) in [7, 11) is -4.86. The van der Waals surface area contributed by atoms with E-state index in [1.165, 1.54) is 10.6 Å². The summed E-state index contributed by atoms with van der Waals surface area (Å²) in [6.07, 6.45) is 4.53. The van der Waals surface area contributed by atoms with E-state index in [2.05, 4.69) is 31.5 Å². The zero-order valence-electron chi connectivity index (χ0n) is 21.2. The molecule has 6 nitrogen and oxygen atoms in total. The lowest BCUT2D eigenvalue weighted by molar-refractivity contribution is 0.156. The van der Waals surface area contributed by atoms with Crippen molar-refractivity contribution < 1.29 is 13.2 Å². The van der Waals surface area contributed by atoms with Gasteiger partial charge in [0.2, 0.25) is 10.0 Å². The van der Waals surface area contributed by atoms with Crippen LogP contribution in [0.2, 0.25) is 30.7 Å². The number of rotatable bonds is 11. The zero-order valence-corrected chi connectivity index (χ0v) is 23.7. The third-order valence-electron chi connectivity index (χ3n) is 5.86. The van der Waals surface area contributed by atoms with Crippen LogP contribution < -0.4 is 4.31 Å². The third-order valence-corrected chi connectivity index (χ3v) is 8.92. The summed E-state index contributed by atoms with van der Waals surface area (Å²) >= 11 is 6.01. The van der Waals surface area contributed by atoms with Crippen LogP contribution in [0.5, 0.6) is 0 Å². The van der Waals surface area contributed by atoms with Crippen molar-refractivity contribution in [2.75, 3.05) is 23.9 Å². The number of halogens is 1. The molecule has 1 heterocycles. The minimum atomic E-state index is -3.57. The standard InChI is InChI=1S/C27H32ClN3O3SSi/c1-35(32,33)31(21-34-19-20-36(2,3)4)27-9-5-8-26-25(27)16-18-30(26)24(7-6-17-29)15-12-22-10-13-23(28)14-11-22/h5,8-11,13-14,16,18,24H,12,15,19-21H2,1-4H3. The van der Waals surface area contributed by atoms with E-state index in [4.69, 9.17) is 21.6 Å². The molecular weight excluding hydrogens is 510 g/mol. The van der Waals surface area contributed by atoms with Crippen LogP contribution >= 0.6 is 11.6 Å². The molecule has 190 valence electrons. The van der Waals surface area contributed by atoms with Crippen LogP contribution in [0, 0.1) is 23.2 Å². The molecule has 36 heavy (non-hydrogen) atoms. The zero-order chi connectivity index (χ0) is 26.3. The van der Waals surface area contributed by atoms with Crippen molar-refractivity contribution >= 4 is 46.3 Å². The number of aromatic nitrogens is 1. The van der Waals surface area contributed by atoms with Gasteiger partial charge in [0.25, 0.3) is 0 Å². The number of sulfonamides is 1. The normalized spacial score (nSPS) is 12.6. The van der Waals surface area contributed by atoms with E-state index in [1.54, 1.807) is 6.07 Å². The molecule has 0 N–H and O–H groups in total. The van der Waals surface area contributed by atoms with Crippen molar-refractivity contribution in [1.29, 1.82) is 5.26 Å². The highest BCUT2D eigenvalue weighted by Gasteiger charge is 2.22. The quantitative estimate of drug-likeness (QED) is 0.128. The second kappa shape index (κ2) is 12.0. The topological polar surface area (TPSA) is 75.3 Å². The molecule has 0 bridgehead atoms. The Hall–Kier alpha value is -2.75. The predicted octanol–water partition coefficient (Wildman–Crippen LogP) is 6.07. The van der Waals surface area contributed by atoms with Gasteiger partial charge in [-0.1, -0.05) is 55.4 Å². The van der Waals surface area contributed by atoms with Crippen molar-refractivity contribution in [2.24, 2.45) is 0 Å². The van der Waals surface area contributed by atoms with E-state index in [0.29, 0.717) is 23.7 Å². The number of benzene rings is 2. The molecule has 9 heteroatoms. The van der Waals surface area contributed by atoms with E-state index < -0.39 is 18.1 Å². The molecule has 3 aromatic rings. The molecule has 2 aromatic carbocycles. The molecule has 0 radical (unpaired) electrons. The monoisotopic (exact) mass is 541 g/mol. The average Bonchev–Trinajstić information content (AvgIpc) is 3.23. The van der Waals surface area contributed by atoms with Gasteiger partial charge < -0.3 is 9.30 Å². The fourth-order valence-electron chi connectivity index (χ4n) is 3.88. The van der Waals surface area contributed by atoms with Gasteiger partial charge in [0.15, 0.2) is 6.07 Å². The van der Waals surface area contributed by atoms with Crippen LogP contribution in [-0.4, -0.2) is 40.7 Å². The number of aryl methyl sites for hydroxylation is 1. The Balaban J connectivity index is 1.91. The molecule has 1 unspecified atom stereocenters. The highest BCUT2D eigenvalue weighted by Crippen LogP contribution is 2.32. The minimum Gasteiger partial charge on any atom is -0.360 e. The number of fused-ring (bicyclic) bond motifs is 1. The number of hydrogen-bond donors (Lipinski definition) is 0. The molecule has 0 amide bonds. The van der Waals surface area contributed by atoms with Crippen molar-refractivity contribution in [1.82, 2.24) is 4.57 Å². The number of nitriles is 1. The van der Waals surface area contributed by atoms with Gasteiger partial charge >= 0.3 is 0 Å². The fourth-order valence-corrected chi connectivity index (χ4v) is 5.55. The maximum absolute atomic E-state index is 12.7. The maximum atomic E-state index is 12.7. The summed E-state index contributed by atoms with van der Waals surface area (Å²) in [5.74, 6) is 5.60. The van der Waals surface area contributed by atoms with Crippen LogP contribution in [0.25, 0.3) is 10.9 Å². The van der Waals surface area contributed by atoms with E-state index in [0.717, 1.165) is 28.9 Å². The highest BCUT2D eigenvalue weighted by molar-refractivity contribution is 7.92. The summed E-state index contributed by atoms with van der Waals surface area (Å²) in [4.78, 5) is 0. The Morgan fingerprint density at radius 1 is 1.14 bits per heavy atom. The molecule has 0 aliphatic carbocycles. The lowest BCUT2D eigenvalue weighted by Crippen LogP contribution is -2.33. The van der Waals surface area contributed by atoms with E-state index in [-0.39, 0.29) is 12.8 Å². The smallest absolute Gasteiger partial charge is 0.234 e. The van der Waals surface area contributed by atoms with Crippen molar-refractivity contribution in [2.45, 2.75) is 44.6 Å². The Bertz CT molecular complexity index is 1390. The molecule has 0 aliphatic heterocycles. The van der Waals surface area contributed by atoms with Crippen molar-refractivity contribution in [3.63, 3.8) is 0 Å². The number of nitrogens with zero attached hydrogens (tertiary/aromatic N) is 3. The summed E-state index contributed by atoms with van der Waals surface area (Å²) < 4.78 is 34.6. The van der Waals surface area contributed by atoms with Crippen LogP contribution in [0.3, 0.4) is 0 Å². The van der Waals surface area contributed by atoms with E-state index in [1.807, 2.05) is 59.3 Å². The first-order valence-corrected chi connectivity index (χ1v) is 17.7. The average molecular weight is 542 g/mol. The Morgan fingerprint density at radius 2 is 1.86 bits per heavy atom. The third kappa shape index (κ3) is 7.62. The molecule has 3 rings (SSSR count). The Kier molecular flexibility index (Phi) is 9.27. The molecular formula is C27H32ClN3O3SSi. The SMILES string of the molecule is C[Si](C)(C)CCOCN(c1cccc2c1ccn2C(C#CC#N)CCc1ccc(Cl)cc1)S(C)(=O)=O. The largest absolute Gasteiger partial charge is 0.360 e. The molecule has 1 aromatic heterocycles. The number of anilines is 1. The predicted molar refractivity (Wildman–Crippen MR) is 150 cm³/mol. The lowest BCUT2D eigenvalue weighted by Gasteiger charge is -2.24. The number of ether oxygens (including phenoxy) is 1. The van der Waals surface area contributed by atoms with Gasteiger partial charge in [-0.05, 0) is 54.8 Å². The summed E-state index contributed by atoms with van der Waals surface area (Å²) in [5, 5.41) is 10.5. The van der Waals surface area contributed by atoms with E-state index in [9.17, 15) is 8.42 Å². The molecule has 0 saturated carbocycles. The van der Waals surface area contributed by atoms with Crippen LogP contribution in [-0.2, 0) is 21.2 Å². The van der Waals surface area contributed by atoms with Gasteiger partial charge in [-0.25, -0.2) is 12.7 Å². The first kappa shape index (κ1) is 27.8. The maximum Gasteiger partial charge on any atom is 0.234 e. The van der Waals surface area contributed by atoms with Gasteiger partial charge in [-0.15, -0.1) is 0 Å². The highest BCUT2D eigenvalue weighted by atomic mass is 35.5. The van der Waals surface area contributed by atoms with E-state index >= 15 is 0 Å². The van der Waals surface area contributed by atoms with Gasteiger partial charge in [0.05, 0.1) is 23.5 Å². The first-order chi connectivity index (χ1) is 17.0. The first-order valence-electron chi connectivity index (χ1n) is 11.8. The summed E-state index contributed by atoms with van der Waals surface area (Å²) in [6.45, 7) is 7.25. The number of hydrogen-bond acceptors (Lipinski definition) is 4.